The van der Waals surface area contributed by atoms with E-state index in [1.807, 2.05) is 0 Å². The number of carboxylic acid groups (broad SMARTS) is 1. The van der Waals surface area contributed by atoms with Crippen LogP contribution in [-0.4, -0.2) is 35.6 Å². The monoisotopic (exact) mass is 267 g/mol. The Morgan fingerprint density at radius 3 is 2.00 bits per heavy atom. The van der Waals surface area contributed by atoms with Crippen molar-refractivity contribution in [2.45, 2.75) is 65.2 Å². The number of hydrogen-bond donors (Lipinski definition) is 1. The highest BCUT2D eigenvalue weighted by atomic mass is 16.4. The van der Waals surface area contributed by atoms with Crippen LogP contribution in [0, 0.1) is 10.8 Å². The smallest absolute Gasteiger partial charge is 0.310 e. The lowest BCUT2D eigenvalue weighted by Gasteiger charge is -2.52. The molecule has 2 fully saturated rings. The van der Waals surface area contributed by atoms with Crippen LogP contribution in [0.5, 0.6) is 0 Å². The molecule has 0 atom stereocenters. The molecular weight excluding hydrogens is 238 g/mol. The average Bonchev–Trinajstić information content (AvgIpc) is 2.60. The van der Waals surface area contributed by atoms with E-state index < -0.39 is 11.4 Å². The Morgan fingerprint density at radius 2 is 1.58 bits per heavy atom. The second-order valence-corrected chi connectivity index (χ2v) is 6.85. The van der Waals surface area contributed by atoms with Gasteiger partial charge in [-0.3, -0.25) is 4.79 Å². The fourth-order valence-electron chi connectivity index (χ4n) is 3.98. The van der Waals surface area contributed by atoms with Crippen molar-refractivity contribution in [3.63, 3.8) is 0 Å². The quantitative estimate of drug-likeness (QED) is 0.775. The van der Waals surface area contributed by atoms with Crippen LogP contribution in [0.15, 0.2) is 0 Å². The Labute approximate surface area is 117 Å². The van der Waals surface area contributed by atoms with Gasteiger partial charge in [-0.25, -0.2) is 0 Å². The molecule has 2 aliphatic rings. The van der Waals surface area contributed by atoms with Crippen molar-refractivity contribution in [1.29, 1.82) is 0 Å². The molecule has 0 amide bonds. The Bertz CT molecular complexity index is 307. The van der Waals surface area contributed by atoms with Crippen molar-refractivity contribution in [2.75, 3.05) is 19.6 Å². The molecule has 1 saturated carbocycles. The summed E-state index contributed by atoms with van der Waals surface area (Å²) < 4.78 is 0. The van der Waals surface area contributed by atoms with Crippen molar-refractivity contribution in [3.05, 3.63) is 0 Å². The van der Waals surface area contributed by atoms with Crippen molar-refractivity contribution < 1.29 is 9.90 Å². The molecule has 3 nitrogen and oxygen atoms in total. The number of likely N-dealkylation sites (tertiary alicyclic amines) is 1. The average molecular weight is 267 g/mol. The highest BCUT2D eigenvalue weighted by Crippen LogP contribution is 2.42. The molecule has 1 heterocycles. The third-order valence-corrected chi connectivity index (χ3v) is 5.66. The largest absolute Gasteiger partial charge is 0.481 e. The first-order valence-electron chi connectivity index (χ1n) is 8.02. The lowest BCUT2D eigenvalue weighted by atomic mass is 9.72. The van der Waals surface area contributed by atoms with Gasteiger partial charge in [-0.15, -0.1) is 0 Å². The summed E-state index contributed by atoms with van der Waals surface area (Å²) in [6, 6.07) is 0. The van der Waals surface area contributed by atoms with Gasteiger partial charge < -0.3 is 10.0 Å². The minimum absolute atomic E-state index is 0.454. The minimum Gasteiger partial charge on any atom is -0.481 e. The summed E-state index contributed by atoms with van der Waals surface area (Å²) in [4.78, 5) is 14.2. The molecule has 0 bridgehead atoms. The van der Waals surface area contributed by atoms with Crippen molar-refractivity contribution in [2.24, 2.45) is 10.8 Å². The van der Waals surface area contributed by atoms with Crippen molar-refractivity contribution >= 4 is 5.97 Å². The standard InChI is InChI=1S/C16H29NO2/c1-3-15(4-2)11-17(12-15)13-16(14(18)19)9-7-5-6-8-10-16/h3-13H2,1-2H3,(H,18,19). The summed E-state index contributed by atoms with van der Waals surface area (Å²) in [6.07, 6.45) is 8.81. The van der Waals surface area contributed by atoms with Gasteiger partial charge >= 0.3 is 5.97 Å². The van der Waals surface area contributed by atoms with Crippen LogP contribution in [0.4, 0.5) is 0 Å². The van der Waals surface area contributed by atoms with Crippen LogP contribution in [0.1, 0.15) is 65.2 Å². The van der Waals surface area contributed by atoms with E-state index in [0.717, 1.165) is 45.3 Å². The first-order chi connectivity index (χ1) is 9.06. The van der Waals surface area contributed by atoms with Crippen LogP contribution in [-0.2, 0) is 4.79 Å². The number of aliphatic carboxylic acids is 1. The summed E-state index contributed by atoms with van der Waals surface area (Å²) >= 11 is 0. The van der Waals surface area contributed by atoms with Gasteiger partial charge in [0, 0.05) is 19.6 Å². The van der Waals surface area contributed by atoms with E-state index in [4.69, 9.17) is 0 Å². The Balaban J connectivity index is 1.97. The number of rotatable bonds is 5. The van der Waals surface area contributed by atoms with Crippen molar-refractivity contribution in [3.8, 4) is 0 Å². The summed E-state index contributed by atoms with van der Waals surface area (Å²) in [5.74, 6) is -0.556. The summed E-state index contributed by atoms with van der Waals surface area (Å²) in [5.41, 5.74) is 0.0224. The first-order valence-corrected chi connectivity index (χ1v) is 8.02. The topological polar surface area (TPSA) is 40.5 Å². The molecule has 2 rings (SSSR count). The van der Waals surface area contributed by atoms with Gasteiger partial charge in [0.1, 0.15) is 0 Å². The fraction of sp³-hybridized carbons (Fsp3) is 0.938. The van der Waals surface area contributed by atoms with Gasteiger partial charge in [-0.1, -0.05) is 39.5 Å². The molecule has 1 aliphatic carbocycles. The van der Waals surface area contributed by atoms with Crippen LogP contribution in [0.3, 0.4) is 0 Å². The molecule has 0 spiro atoms. The predicted octanol–water partition coefficient (Wildman–Crippen LogP) is 3.53. The normalized spacial score (nSPS) is 26.4. The number of carboxylic acids is 1. The lowest BCUT2D eigenvalue weighted by molar-refractivity contribution is -0.154. The predicted molar refractivity (Wildman–Crippen MR) is 77.2 cm³/mol. The van der Waals surface area contributed by atoms with Crippen LogP contribution in [0.25, 0.3) is 0 Å². The minimum atomic E-state index is -0.556. The SMILES string of the molecule is CCC1(CC)CN(CC2(C(=O)O)CCCCCC2)C1. The van der Waals surface area contributed by atoms with E-state index >= 15 is 0 Å². The Hall–Kier alpha value is -0.570. The maximum absolute atomic E-state index is 11.8. The van der Waals surface area contributed by atoms with E-state index in [-0.39, 0.29) is 0 Å². The number of nitrogens with zero attached hydrogens (tertiary/aromatic N) is 1. The number of hydrogen-bond acceptors (Lipinski definition) is 2. The summed E-state index contributed by atoms with van der Waals surface area (Å²) in [6.45, 7) is 7.52. The molecule has 1 N–H and O–H groups in total. The van der Waals surface area contributed by atoms with Crippen LogP contribution < -0.4 is 0 Å². The van der Waals surface area contributed by atoms with Gasteiger partial charge in [-0.2, -0.15) is 0 Å². The van der Waals surface area contributed by atoms with Crippen LogP contribution >= 0.6 is 0 Å². The molecule has 0 aromatic carbocycles. The zero-order valence-corrected chi connectivity index (χ0v) is 12.6. The highest BCUT2D eigenvalue weighted by molar-refractivity contribution is 5.75. The second kappa shape index (κ2) is 5.82. The zero-order valence-electron chi connectivity index (χ0n) is 12.6. The third-order valence-electron chi connectivity index (χ3n) is 5.66. The summed E-state index contributed by atoms with van der Waals surface area (Å²) in [7, 11) is 0. The van der Waals surface area contributed by atoms with E-state index in [2.05, 4.69) is 18.7 Å². The van der Waals surface area contributed by atoms with E-state index in [9.17, 15) is 9.90 Å². The van der Waals surface area contributed by atoms with E-state index in [0.29, 0.717) is 5.41 Å². The van der Waals surface area contributed by atoms with Crippen molar-refractivity contribution in [1.82, 2.24) is 4.90 Å². The van der Waals surface area contributed by atoms with Gasteiger partial charge in [0.05, 0.1) is 5.41 Å². The van der Waals surface area contributed by atoms with Gasteiger partial charge in [0.25, 0.3) is 0 Å². The Kier molecular flexibility index (Phi) is 4.54. The molecule has 0 aromatic heterocycles. The molecule has 1 saturated heterocycles. The molecule has 0 radical (unpaired) electrons. The molecule has 0 unspecified atom stereocenters. The van der Waals surface area contributed by atoms with Gasteiger partial charge in [0.2, 0.25) is 0 Å². The fourth-order valence-corrected chi connectivity index (χ4v) is 3.98. The lowest BCUT2D eigenvalue weighted by Crippen LogP contribution is -2.59. The molecule has 0 aromatic rings. The molecule has 110 valence electrons. The second-order valence-electron chi connectivity index (χ2n) is 6.85. The summed E-state index contributed by atoms with van der Waals surface area (Å²) in [5, 5.41) is 9.70. The highest BCUT2D eigenvalue weighted by Gasteiger charge is 2.46. The Morgan fingerprint density at radius 1 is 1.05 bits per heavy atom. The van der Waals surface area contributed by atoms with Gasteiger partial charge in [0.15, 0.2) is 0 Å². The maximum atomic E-state index is 11.8. The molecular formula is C16H29NO2. The molecule has 19 heavy (non-hydrogen) atoms. The van der Waals surface area contributed by atoms with Gasteiger partial charge in [-0.05, 0) is 31.1 Å². The van der Waals surface area contributed by atoms with E-state index in [1.54, 1.807) is 0 Å². The van der Waals surface area contributed by atoms with E-state index in [1.165, 1.54) is 25.7 Å². The maximum Gasteiger partial charge on any atom is 0.310 e. The molecule has 1 aliphatic heterocycles. The van der Waals surface area contributed by atoms with Crippen LogP contribution in [0.2, 0.25) is 0 Å². The first kappa shape index (κ1) is 14.8. The zero-order chi connectivity index (χ0) is 13.9. The number of carbonyl (C=O) groups is 1. The third kappa shape index (κ3) is 2.96. The molecule has 3 heteroatoms.